The molecule has 2 saturated heterocycles. The Bertz CT molecular complexity index is 678. The molecule has 0 saturated carbocycles. The molecule has 7 nitrogen and oxygen atoms in total. The van der Waals surface area contributed by atoms with Gasteiger partial charge in [-0.3, -0.25) is 4.90 Å². The van der Waals surface area contributed by atoms with Gasteiger partial charge in [0.25, 0.3) is 0 Å². The van der Waals surface area contributed by atoms with Crippen molar-refractivity contribution in [2.24, 2.45) is 10.9 Å². The zero-order valence-corrected chi connectivity index (χ0v) is 15.1. The second kappa shape index (κ2) is 8.16. The Morgan fingerprint density at radius 3 is 2.65 bits per heavy atom. The third-order valence-corrected chi connectivity index (χ3v) is 5.28. The molecule has 2 fully saturated rings. The summed E-state index contributed by atoms with van der Waals surface area (Å²) in [5, 5.41) is 3.35. The van der Waals surface area contributed by atoms with Gasteiger partial charge in [-0.15, -0.1) is 0 Å². The van der Waals surface area contributed by atoms with Crippen LogP contribution in [0.5, 0.6) is 0 Å². The number of anilines is 2. The van der Waals surface area contributed by atoms with Crippen LogP contribution in [0.3, 0.4) is 0 Å². The van der Waals surface area contributed by atoms with Crippen LogP contribution in [-0.4, -0.2) is 61.4 Å². The Labute approximate surface area is 154 Å². The number of nitrogens with one attached hydrogen (secondary N) is 1. The minimum atomic E-state index is 0.158. The monoisotopic (exact) mass is 357 g/mol. The Hall–Kier alpha value is -1.96. The quantitative estimate of drug-likeness (QED) is 0.859. The molecule has 3 aliphatic heterocycles. The van der Waals surface area contributed by atoms with Gasteiger partial charge in [-0.25, -0.2) is 9.98 Å². The number of nitrogens with zero attached hydrogens (tertiary/aromatic N) is 3. The van der Waals surface area contributed by atoms with E-state index < -0.39 is 0 Å². The molecule has 0 spiro atoms. The fraction of sp³-hybridized carbons (Fsp3) is 0.579. The molecule has 3 N–H and O–H groups in total. The fourth-order valence-electron chi connectivity index (χ4n) is 3.84. The number of aliphatic imine (C=N–C) groups is 1. The van der Waals surface area contributed by atoms with Gasteiger partial charge in [0.05, 0.1) is 13.2 Å². The first kappa shape index (κ1) is 17.5. The summed E-state index contributed by atoms with van der Waals surface area (Å²) in [6, 6.07) is 3.62. The lowest BCUT2D eigenvalue weighted by Crippen LogP contribution is -2.45. The number of hydrogen-bond acceptors (Lipinski definition) is 7. The van der Waals surface area contributed by atoms with E-state index in [1.165, 1.54) is 5.57 Å². The molecule has 1 aromatic rings. The van der Waals surface area contributed by atoms with Crippen molar-refractivity contribution in [1.82, 2.24) is 9.88 Å². The number of aromatic nitrogens is 1. The Morgan fingerprint density at radius 2 is 1.88 bits per heavy atom. The number of ether oxygens (including phenoxy) is 2. The molecule has 1 atom stereocenters. The van der Waals surface area contributed by atoms with Gasteiger partial charge in [0.15, 0.2) is 0 Å². The van der Waals surface area contributed by atoms with Gasteiger partial charge < -0.3 is 20.5 Å². The number of dihydropyridines is 1. The summed E-state index contributed by atoms with van der Waals surface area (Å²) < 4.78 is 11.1. The van der Waals surface area contributed by atoms with Gasteiger partial charge in [0.1, 0.15) is 17.8 Å². The Kier molecular flexibility index (Phi) is 5.48. The Morgan fingerprint density at radius 1 is 1.12 bits per heavy atom. The highest BCUT2D eigenvalue weighted by atomic mass is 16.5. The largest absolute Gasteiger partial charge is 0.399 e. The lowest BCUT2D eigenvalue weighted by atomic mass is 9.87. The van der Waals surface area contributed by atoms with Gasteiger partial charge in [0, 0.05) is 50.7 Å². The fourth-order valence-corrected chi connectivity index (χ4v) is 3.84. The van der Waals surface area contributed by atoms with Crippen LogP contribution < -0.4 is 11.1 Å². The molecule has 0 amide bonds. The molecule has 0 aliphatic carbocycles. The van der Waals surface area contributed by atoms with Crippen LogP contribution in [0.15, 0.2) is 35.0 Å². The average molecular weight is 357 g/mol. The summed E-state index contributed by atoms with van der Waals surface area (Å²) in [7, 11) is 0. The first-order chi connectivity index (χ1) is 12.8. The van der Waals surface area contributed by atoms with Crippen molar-refractivity contribution in [2.75, 3.05) is 50.6 Å². The summed E-state index contributed by atoms with van der Waals surface area (Å²) in [4.78, 5) is 11.7. The lowest BCUT2D eigenvalue weighted by Gasteiger charge is -2.36. The lowest BCUT2D eigenvalue weighted by molar-refractivity contribution is 0.0167. The van der Waals surface area contributed by atoms with E-state index in [2.05, 4.69) is 21.3 Å². The zero-order valence-electron chi connectivity index (χ0n) is 15.1. The highest BCUT2D eigenvalue weighted by Crippen LogP contribution is 2.31. The topological polar surface area (TPSA) is 85.0 Å². The molecule has 0 bridgehead atoms. The summed E-state index contributed by atoms with van der Waals surface area (Å²) in [6.07, 6.45) is 7.24. The maximum absolute atomic E-state index is 5.88. The minimum absolute atomic E-state index is 0.158. The van der Waals surface area contributed by atoms with E-state index in [4.69, 9.17) is 20.2 Å². The van der Waals surface area contributed by atoms with Crippen molar-refractivity contribution in [3.63, 3.8) is 0 Å². The molecule has 7 heteroatoms. The van der Waals surface area contributed by atoms with Gasteiger partial charge in [-0.05, 0) is 30.9 Å². The molecule has 1 aromatic heterocycles. The van der Waals surface area contributed by atoms with E-state index >= 15 is 0 Å². The first-order valence-corrected chi connectivity index (χ1v) is 9.44. The molecule has 0 radical (unpaired) electrons. The van der Waals surface area contributed by atoms with Crippen LogP contribution in [-0.2, 0) is 9.47 Å². The molecule has 26 heavy (non-hydrogen) atoms. The number of amidine groups is 1. The second-order valence-electron chi connectivity index (χ2n) is 7.05. The van der Waals surface area contributed by atoms with E-state index in [1.807, 2.05) is 6.07 Å². The number of nitrogens with two attached hydrogens (primary N) is 1. The maximum Gasteiger partial charge on any atom is 0.133 e. The van der Waals surface area contributed by atoms with Crippen LogP contribution >= 0.6 is 0 Å². The highest BCUT2D eigenvalue weighted by Gasteiger charge is 2.29. The summed E-state index contributed by atoms with van der Waals surface area (Å²) >= 11 is 0. The molecule has 4 heterocycles. The van der Waals surface area contributed by atoms with Crippen LogP contribution in [0.1, 0.15) is 19.3 Å². The smallest absolute Gasteiger partial charge is 0.133 e. The predicted molar refractivity (Wildman–Crippen MR) is 102 cm³/mol. The molecular weight excluding hydrogens is 330 g/mol. The second-order valence-corrected chi connectivity index (χ2v) is 7.05. The van der Waals surface area contributed by atoms with E-state index in [1.54, 1.807) is 12.3 Å². The van der Waals surface area contributed by atoms with Gasteiger partial charge in [-0.1, -0.05) is 5.57 Å². The number of nitrogen functional groups attached to an aromatic ring is 1. The zero-order chi connectivity index (χ0) is 17.8. The summed E-state index contributed by atoms with van der Waals surface area (Å²) in [5.41, 5.74) is 8.04. The van der Waals surface area contributed by atoms with Crippen molar-refractivity contribution in [1.29, 1.82) is 0 Å². The van der Waals surface area contributed by atoms with Crippen molar-refractivity contribution >= 4 is 17.3 Å². The van der Waals surface area contributed by atoms with E-state index in [0.29, 0.717) is 11.6 Å². The van der Waals surface area contributed by atoms with E-state index in [-0.39, 0.29) is 6.17 Å². The predicted octanol–water partition coefficient (Wildman–Crippen LogP) is 1.89. The molecular formula is C19H27N5O2. The summed E-state index contributed by atoms with van der Waals surface area (Å²) in [6.45, 7) is 5.11. The van der Waals surface area contributed by atoms with Crippen LogP contribution in [0.25, 0.3) is 0 Å². The average Bonchev–Trinajstić information content (AvgIpc) is 2.69. The van der Waals surface area contributed by atoms with Gasteiger partial charge >= 0.3 is 0 Å². The summed E-state index contributed by atoms with van der Waals surface area (Å²) in [5.74, 6) is 2.18. The van der Waals surface area contributed by atoms with E-state index in [9.17, 15) is 0 Å². The van der Waals surface area contributed by atoms with Gasteiger partial charge in [0.2, 0.25) is 0 Å². The van der Waals surface area contributed by atoms with E-state index in [0.717, 1.165) is 70.4 Å². The van der Waals surface area contributed by atoms with Crippen LogP contribution in [0.2, 0.25) is 0 Å². The number of hydrogen-bond donors (Lipinski definition) is 2. The van der Waals surface area contributed by atoms with Crippen LogP contribution in [0.4, 0.5) is 11.5 Å². The third kappa shape index (κ3) is 4.23. The number of rotatable bonds is 3. The van der Waals surface area contributed by atoms with Crippen molar-refractivity contribution < 1.29 is 9.47 Å². The number of pyridine rings is 1. The van der Waals surface area contributed by atoms with Crippen molar-refractivity contribution in [3.05, 3.63) is 30.0 Å². The van der Waals surface area contributed by atoms with Crippen molar-refractivity contribution in [2.45, 2.75) is 25.4 Å². The van der Waals surface area contributed by atoms with Crippen molar-refractivity contribution in [3.8, 4) is 0 Å². The molecule has 140 valence electrons. The third-order valence-electron chi connectivity index (χ3n) is 5.28. The Balaban J connectivity index is 1.56. The SMILES string of the molecule is Nc1ccnc(NC2=NC(N3CCOCC3)CC(C3CCOCC3)=C2)c1. The maximum atomic E-state index is 5.88. The first-order valence-electron chi connectivity index (χ1n) is 9.44. The minimum Gasteiger partial charge on any atom is -0.399 e. The highest BCUT2D eigenvalue weighted by molar-refractivity contribution is 6.04. The number of morpholine rings is 1. The molecule has 0 aromatic carbocycles. The molecule has 1 unspecified atom stereocenters. The normalized spacial score (nSPS) is 25.5. The van der Waals surface area contributed by atoms with Gasteiger partial charge in [-0.2, -0.15) is 0 Å². The molecule has 4 rings (SSSR count). The van der Waals surface area contributed by atoms with Crippen LogP contribution in [0, 0.1) is 5.92 Å². The molecule has 3 aliphatic rings. The standard InChI is InChI=1S/C19H27N5O2/c20-16-1-4-21-17(13-16)22-18-11-15(14-2-7-25-8-3-14)12-19(23-18)24-5-9-26-10-6-24/h1,4,11,13-14,19H,2-3,5-10,12H2,(H3,20,21,22,23).